The number of unbranched alkanes of at least 4 members (excludes halogenated alkanes) is 1. The lowest BCUT2D eigenvalue weighted by Gasteiger charge is -2.23. The number of aromatic nitrogens is 2. The van der Waals surface area contributed by atoms with Crippen molar-refractivity contribution in [1.82, 2.24) is 9.97 Å². The van der Waals surface area contributed by atoms with Gasteiger partial charge in [0.15, 0.2) is 0 Å². The van der Waals surface area contributed by atoms with Gasteiger partial charge in [0.25, 0.3) is 0 Å². The van der Waals surface area contributed by atoms with Crippen molar-refractivity contribution >= 4 is 45.9 Å². The molecule has 184 valence electrons. The standard InChI is InChI=1S/C24H26Cl2F3N3O2/c1-3-4-11-32(19-10-7-15(33-2)12-18(19)26)23-30-20-16(8-9-17(25)21(20)31-23)22(14-5-6-14)34-13-24(27,28)29/h7-10,12,14,22H,3-6,11,13H2,1-2H3,(H,30,31). The number of benzene rings is 2. The minimum Gasteiger partial charge on any atom is -0.497 e. The number of hydrogen-bond donors (Lipinski definition) is 1. The number of alkyl halides is 3. The number of rotatable bonds is 10. The first-order valence-corrected chi connectivity index (χ1v) is 11.9. The molecule has 0 saturated heterocycles. The molecule has 1 heterocycles. The van der Waals surface area contributed by atoms with Crippen LogP contribution in [0.5, 0.6) is 5.75 Å². The van der Waals surface area contributed by atoms with Crippen molar-refractivity contribution in [2.45, 2.75) is 44.9 Å². The van der Waals surface area contributed by atoms with Crippen LogP contribution in [0.15, 0.2) is 30.3 Å². The molecule has 1 aliphatic rings. The number of ether oxygens (including phenoxy) is 2. The molecule has 0 amide bonds. The molecular weight excluding hydrogens is 490 g/mol. The zero-order valence-corrected chi connectivity index (χ0v) is 20.4. The van der Waals surface area contributed by atoms with Gasteiger partial charge in [-0.3, -0.25) is 0 Å². The van der Waals surface area contributed by atoms with Crippen molar-refractivity contribution in [1.29, 1.82) is 0 Å². The second-order valence-electron chi connectivity index (χ2n) is 8.43. The average Bonchev–Trinajstić information content (AvgIpc) is 3.53. The topological polar surface area (TPSA) is 50.4 Å². The molecule has 1 aliphatic carbocycles. The number of imidazole rings is 1. The number of hydrogen-bond acceptors (Lipinski definition) is 4. The third-order valence-electron chi connectivity index (χ3n) is 5.84. The largest absolute Gasteiger partial charge is 0.497 e. The summed E-state index contributed by atoms with van der Waals surface area (Å²) in [4.78, 5) is 9.99. The van der Waals surface area contributed by atoms with Gasteiger partial charge in [-0.1, -0.05) is 42.6 Å². The number of halogens is 5. The number of H-pyrrole nitrogens is 1. The first kappa shape index (κ1) is 24.9. The molecule has 1 N–H and O–H groups in total. The van der Waals surface area contributed by atoms with Crippen LogP contribution in [0.25, 0.3) is 11.0 Å². The van der Waals surface area contributed by atoms with Crippen molar-refractivity contribution in [3.8, 4) is 5.75 Å². The predicted octanol–water partition coefficient (Wildman–Crippen LogP) is 7.85. The zero-order chi connectivity index (χ0) is 24.5. The summed E-state index contributed by atoms with van der Waals surface area (Å²) >= 11 is 13.0. The van der Waals surface area contributed by atoms with E-state index in [1.165, 1.54) is 0 Å². The van der Waals surface area contributed by atoms with E-state index in [4.69, 9.17) is 37.7 Å². The highest BCUT2D eigenvalue weighted by molar-refractivity contribution is 6.35. The van der Waals surface area contributed by atoms with E-state index < -0.39 is 18.9 Å². The van der Waals surface area contributed by atoms with Crippen molar-refractivity contribution in [3.05, 3.63) is 45.9 Å². The average molecular weight is 516 g/mol. The molecule has 1 unspecified atom stereocenters. The van der Waals surface area contributed by atoms with Gasteiger partial charge in [-0.15, -0.1) is 0 Å². The number of fused-ring (bicyclic) bond motifs is 1. The summed E-state index contributed by atoms with van der Waals surface area (Å²) < 4.78 is 49.3. The van der Waals surface area contributed by atoms with E-state index in [0.717, 1.165) is 31.4 Å². The lowest BCUT2D eigenvalue weighted by Crippen LogP contribution is -2.21. The van der Waals surface area contributed by atoms with Gasteiger partial charge in [-0.25, -0.2) is 4.98 Å². The molecule has 0 bridgehead atoms. The maximum atomic E-state index is 12.9. The van der Waals surface area contributed by atoms with Crippen molar-refractivity contribution < 1.29 is 22.6 Å². The molecule has 10 heteroatoms. The van der Waals surface area contributed by atoms with Gasteiger partial charge < -0.3 is 19.4 Å². The van der Waals surface area contributed by atoms with Gasteiger partial charge >= 0.3 is 6.18 Å². The summed E-state index contributed by atoms with van der Waals surface area (Å²) in [5.41, 5.74) is 2.43. The summed E-state index contributed by atoms with van der Waals surface area (Å²) in [7, 11) is 1.57. The summed E-state index contributed by atoms with van der Waals surface area (Å²) in [5.74, 6) is 1.18. The smallest absolute Gasteiger partial charge is 0.411 e. The molecule has 1 fully saturated rings. The van der Waals surface area contributed by atoms with Crippen LogP contribution in [-0.4, -0.2) is 36.4 Å². The minimum atomic E-state index is -4.40. The summed E-state index contributed by atoms with van der Waals surface area (Å²) in [6.07, 6.45) is -1.64. The number of nitrogens with zero attached hydrogens (tertiary/aromatic N) is 2. The monoisotopic (exact) mass is 515 g/mol. The summed E-state index contributed by atoms with van der Waals surface area (Å²) in [5, 5.41) is 0.898. The number of anilines is 2. The molecule has 4 rings (SSSR count). The van der Waals surface area contributed by atoms with Gasteiger partial charge in [0.05, 0.1) is 34.5 Å². The second-order valence-corrected chi connectivity index (χ2v) is 9.24. The lowest BCUT2D eigenvalue weighted by atomic mass is 10.0. The first-order chi connectivity index (χ1) is 16.2. The fourth-order valence-electron chi connectivity index (χ4n) is 3.99. The fourth-order valence-corrected chi connectivity index (χ4v) is 4.46. The molecule has 34 heavy (non-hydrogen) atoms. The van der Waals surface area contributed by atoms with Crippen molar-refractivity contribution in [2.75, 3.05) is 25.2 Å². The Morgan fingerprint density at radius 1 is 1.18 bits per heavy atom. The van der Waals surface area contributed by atoms with Gasteiger partial charge in [0.2, 0.25) is 5.95 Å². The highest BCUT2D eigenvalue weighted by atomic mass is 35.5. The number of nitrogens with one attached hydrogen (secondary N) is 1. The Labute approximate surface area is 206 Å². The van der Waals surface area contributed by atoms with E-state index in [9.17, 15) is 13.2 Å². The SMILES string of the molecule is CCCCN(c1nc2c(Cl)ccc(C(OCC(F)(F)F)C3CC3)c2[nH]1)c1ccc(OC)cc1Cl. The molecule has 0 radical (unpaired) electrons. The van der Waals surface area contributed by atoms with Crippen LogP contribution in [0.4, 0.5) is 24.8 Å². The van der Waals surface area contributed by atoms with Crippen LogP contribution in [-0.2, 0) is 4.74 Å². The maximum Gasteiger partial charge on any atom is 0.411 e. The molecule has 0 spiro atoms. The Kier molecular flexibility index (Phi) is 7.50. The normalized spacial score (nSPS) is 15.0. The van der Waals surface area contributed by atoms with Crippen molar-refractivity contribution in [3.63, 3.8) is 0 Å². The van der Waals surface area contributed by atoms with Gasteiger partial charge in [-0.2, -0.15) is 13.2 Å². The van der Waals surface area contributed by atoms with E-state index >= 15 is 0 Å². The molecular formula is C24H26Cl2F3N3O2. The van der Waals surface area contributed by atoms with Gasteiger partial charge in [-0.05, 0) is 43.4 Å². The predicted molar refractivity (Wildman–Crippen MR) is 128 cm³/mol. The third-order valence-corrected chi connectivity index (χ3v) is 6.44. The van der Waals surface area contributed by atoms with Crippen LogP contribution in [0, 0.1) is 5.92 Å². The molecule has 1 saturated carbocycles. The van der Waals surface area contributed by atoms with Crippen LogP contribution in [0.1, 0.15) is 44.3 Å². The molecule has 1 aromatic heterocycles. The van der Waals surface area contributed by atoms with Crippen LogP contribution in [0.3, 0.4) is 0 Å². The Morgan fingerprint density at radius 2 is 1.94 bits per heavy atom. The summed E-state index contributed by atoms with van der Waals surface area (Å²) in [6, 6.07) is 8.78. The van der Waals surface area contributed by atoms with Gasteiger partial charge in [0.1, 0.15) is 17.9 Å². The molecule has 0 aliphatic heterocycles. The van der Waals surface area contributed by atoms with Crippen LogP contribution >= 0.6 is 23.2 Å². The minimum absolute atomic E-state index is 0.0331. The second kappa shape index (κ2) is 10.2. The number of methoxy groups -OCH3 is 1. The molecule has 3 aromatic rings. The fraction of sp³-hybridized carbons (Fsp3) is 0.458. The number of aromatic amines is 1. The third kappa shape index (κ3) is 5.56. The van der Waals surface area contributed by atoms with Crippen LogP contribution < -0.4 is 9.64 Å². The molecule has 5 nitrogen and oxygen atoms in total. The quantitative estimate of drug-likeness (QED) is 0.298. The Hall–Kier alpha value is -2.16. The van der Waals surface area contributed by atoms with Crippen molar-refractivity contribution in [2.24, 2.45) is 5.92 Å². The Balaban J connectivity index is 1.77. The Bertz CT molecular complexity index is 1150. The maximum absolute atomic E-state index is 12.9. The highest BCUT2D eigenvalue weighted by Gasteiger charge is 2.38. The van der Waals surface area contributed by atoms with Crippen LogP contribution in [0.2, 0.25) is 10.0 Å². The highest BCUT2D eigenvalue weighted by Crippen LogP contribution is 2.46. The van der Waals surface area contributed by atoms with E-state index in [1.54, 1.807) is 25.3 Å². The Morgan fingerprint density at radius 3 is 2.56 bits per heavy atom. The first-order valence-electron chi connectivity index (χ1n) is 11.2. The van der Waals surface area contributed by atoms with E-state index in [0.29, 0.717) is 44.9 Å². The summed E-state index contributed by atoms with van der Waals surface area (Å²) in [6.45, 7) is 1.41. The van der Waals surface area contributed by atoms with E-state index in [1.807, 2.05) is 17.0 Å². The lowest BCUT2D eigenvalue weighted by molar-refractivity contribution is -0.188. The molecule has 2 aromatic carbocycles. The van der Waals surface area contributed by atoms with Gasteiger partial charge in [0, 0.05) is 18.2 Å². The molecule has 1 atom stereocenters. The zero-order valence-electron chi connectivity index (χ0n) is 18.9. The van der Waals surface area contributed by atoms with E-state index in [2.05, 4.69) is 11.9 Å². The van der Waals surface area contributed by atoms with E-state index in [-0.39, 0.29) is 5.92 Å².